The molecule has 2 N–H and O–H groups in total. The minimum Gasteiger partial charge on any atom is -0.493 e. The lowest BCUT2D eigenvalue weighted by molar-refractivity contribution is 0.0842. The van der Waals surface area contributed by atoms with Gasteiger partial charge in [0.05, 0.1) is 33.5 Å². The number of amides is 2. The summed E-state index contributed by atoms with van der Waals surface area (Å²) >= 11 is 0. The number of carbonyl (C=O) groups excluding carboxylic acids is 2. The highest BCUT2D eigenvalue weighted by atomic mass is 16.5. The molecule has 9 heteroatoms. The Bertz CT molecular complexity index is 829. The number of rotatable bonds is 9. The molecule has 0 fully saturated rings. The molecular formula is C20H24N2O7. The Balaban J connectivity index is 2.10. The van der Waals surface area contributed by atoms with E-state index in [1.807, 2.05) is 0 Å². The van der Waals surface area contributed by atoms with Gasteiger partial charge in [-0.15, -0.1) is 0 Å². The highest BCUT2D eigenvalue weighted by Crippen LogP contribution is 2.38. The fourth-order valence-corrected chi connectivity index (χ4v) is 2.48. The number of para-hydroxylation sites is 1. The van der Waals surface area contributed by atoms with E-state index >= 15 is 0 Å². The average Bonchev–Trinajstić information content (AvgIpc) is 2.76. The van der Waals surface area contributed by atoms with Crippen LogP contribution < -0.4 is 29.8 Å². The van der Waals surface area contributed by atoms with E-state index in [9.17, 15) is 9.59 Å². The van der Waals surface area contributed by atoms with Crippen molar-refractivity contribution in [3.05, 3.63) is 47.5 Å². The summed E-state index contributed by atoms with van der Waals surface area (Å²) in [5.74, 6) is 0.288. The van der Waals surface area contributed by atoms with Crippen molar-refractivity contribution in [2.75, 3.05) is 41.7 Å². The van der Waals surface area contributed by atoms with Gasteiger partial charge in [0.2, 0.25) is 5.75 Å². The Morgan fingerprint density at radius 2 is 1.41 bits per heavy atom. The van der Waals surface area contributed by atoms with Crippen LogP contribution in [0.25, 0.3) is 0 Å². The van der Waals surface area contributed by atoms with E-state index in [0.29, 0.717) is 36.2 Å². The third-order valence-electron chi connectivity index (χ3n) is 3.89. The smallest absolute Gasteiger partial charge is 0.273 e. The van der Waals surface area contributed by atoms with Gasteiger partial charge in [-0.1, -0.05) is 12.1 Å². The molecule has 156 valence electrons. The van der Waals surface area contributed by atoms with Crippen LogP contribution >= 0.6 is 0 Å². The van der Waals surface area contributed by atoms with E-state index < -0.39 is 11.8 Å². The maximum Gasteiger partial charge on any atom is 0.273 e. The highest BCUT2D eigenvalue weighted by Gasteiger charge is 2.18. The molecule has 2 aromatic rings. The minimum absolute atomic E-state index is 0.212. The zero-order chi connectivity index (χ0) is 21.2. The quantitative estimate of drug-likeness (QED) is 0.485. The molecule has 0 radical (unpaired) electrons. The van der Waals surface area contributed by atoms with Gasteiger partial charge in [0.25, 0.3) is 11.8 Å². The van der Waals surface area contributed by atoms with Crippen LogP contribution in [0, 0.1) is 0 Å². The van der Waals surface area contributed by atoms with Crippen molar-refractivity contribution in [1.29, 1.82) is 0 Å². The summed E-state index contributed by atoms with van der Waals surface area (Å²) in [4.78, 5) is 25.0. The SMILES string of the molecule is COCCOc1ccccc1C(=O)NNC(=O)c1cc(OC)c(OC)c(OC)c1. The lowest BCUT2D eigenvalue weighted by Crippen LogP contribution is -2.41. The first kappa shape index (κ1) is 21.8. The van der Waals surface area contributed by atoms with E-state index in [-0.39, 0.29) is 11.1 Å². The first-order valence-electron chi connectivity index (χ1n) is 8.67. The third kappa shape index (κ3) is 5.52. The molecule has 2 aromatic carbocycles. The lowest BCUT2D eigenvalue weighted by atomic mass is 10.1. The van der Waals surface area contributed by atoms with Crippen molar-refractivity contribution in [2.45, 2.75) is 0 Å². The average molecular weight is 404 g/mol. The fraction of sp³-hybridized carbons (Fsp3) is 0.300. The lowest BCUT2D eigenvalue weighted by Gasteiger charge is -2.15. The second kappa shape index (κ2) is 10.8. The van der Waals surface area contributed by atoms with Crippen LogP contribution in [0.2, 0.25) is 0 Å². The summed E-state index contributed by atoms with van der Waals surface area (Å²) in [5.41, 5.74) is 5.21. The van der Waals surface area contributed by atoms with Gasteiger partial charge in [0.15, 0.2) is 11.5 Å². The van der Waals surface area contributed by atoms with Crippen molar-refractivity contribution in [1.82, 2.24) is 10.9 Å². The van der Waals surface area contributed by atoms with Crippen LogP contribution in [0.4, 0.5) is 0 Å². The van der Waals surface area contributed by atoms with E-state index in [4.69, 9.17) is 23.7 Å². The Hall–Kier alpha value is -3.46. The van der Waals surface area contributed by atoms with Crippen molar-refractivity contribution in [3.63, 3.8) is 0 Å². The van der Waals surface area contributed by atoms with Crippen LogP contribution in [0.1, 0.15) is 20.7 Å². The molecule has 0 unspecified atom stereocenters. The number of methoxy groups -OCH3 is 4. The van der Waals surface area contributed by atoms with Gasteiger partial charge in [-0.05, 0) is 24.3 Å². The number of hydrazine groups is 1. The van der Waals surface area contributed by atoms with Gasteiger partial charge in [0, 0.05) is 12.7 Å². The maximum absolute atomic E-state index is 12.5. The largest absolute Gasteiger partial charge is 0.493 e. The molecule has 0 heterocycles. The molecule has 0 bridgehead atoms. The molecule has 29 heavy (non-hydrogen) atoms. The normalized spacial score (nSPS) is 10.1. The Morgan fingerprint density at radius 1 is 0.793 bits per heavy atom. The monoisotopic (exact) mass is 404 g/mol. The molecule has 0 aromatic heterocycles. The van der Waals surface area contributed by atoms with Crippen LogP contribution in [0.15, 0.2) is 36.4 Å². The Labute approximate surface area is 168 Å². The third-order valence-corrected chi connectivity index (χ3v) is 3.89. The van der Waals surface area contributed by atoms with Crippen molar-refractivity contribution in [2.24, 2.45) is 0 Å². The molecular weight excluding hydrogens is 380 g/mol. The predicted octanol–water partition coefficient (Wildman–Crippen LogP) is 1.81. The first-order chi connectivity index (χ1) is 14.0. The van der Waals surface area contributed by atoms with Crippen molar-refractivity contribution < 1.29 is 33.3 Å². The molecule has 0 spiro atoms. The topological polar surface area (TPSA) is 104 Å². The summed E-state index contributed by atoms with van der Waals surface area (Å²) in [7, 11) is 5.91. The van der Waals surface area contributed by atoms with Crippen LogP contribution in [-0.4, -0.2) is 53.5 Å². The number of hydrogen-bond acceptors (Lipinski definition) is 7. The van der Waals surface area contributed by atoms with Gasteiger partial charge < -0.3 is 23.7 Å². The van der Waals surface area contributed by atoms with Crippen molar-refractivity contribution in [3.8, 4) is 23.0 Å². The number of nitrogens with one attached hydrogen (secondary N) is 2. The molecule has 0 aliphatic heterocycles. The molecule has 0 saturated carbocycles. The second-order valence-electron chi connectivity index (χ2n) is 5.66. The van der Waals surface area contributed by atoms with Crippen LogP contribution in [0.5, 0.6) is 23.0 Å². The summed E-state index contributed by atoms with van der Waals surface area (Å²) in [6.45, 7) is 0.673. The number of carbonyl (C=O) groups is 2. The predicted molar refractivity (Wildman–Crippen MR) is 105 cm³/mol. The standard InChI is InChI=1S/C20H24N2O7/c1-25-9-10-29-15-8-6-5-7-14(15)20(24)22-21-19(23)13-11-16(26-2)18(28-4)17(12-13)27-3/h5-8,11-12H,9-10H2,1-4H3,(H,21,23)(H,22,24). The summed E-state index contributed by atoms with van der Waals surface area (Å²) in [6.07, 6.45) is 0. The van der Waals surface area contributed by atoms with E-state index in [0.717, 1.165) is 0 Å². The van der Waals surface area contributed by atoms with E-state index in [1.54, 1.807) is 31.4 Å². The summed E-state index contributed by atoms with van der Waals surface area (Å²) < 4.78 is 26.1. The molecule has 2 amide bonds. The molecule has 0 saturated heterocycles. The van der Waals surface area contributed by atoms with Gasteiger partial charge in [0.1, 0.15) is 12.4 Å². The van der Waals surface area contributed by atoms with Crippen LogP contribution in [0.3, 0.4) is 0 Å². The molecule has 9 nitrogen and oxygen atoms in total. The summed E-state index contributed by atoms with van der Waals surface area (Å²) in [6, 6.07) is 9.64. The molecule has 2 rings (SSSR count). The summed E-state index contributed by atoms with van der Waals surface area (Å²) in [5, 5.41) is 0. The maximum atomic E-state index is 12.5. The highest BCUT2D eigenvalue weighted by molar-refractivity contribution is 6.01. The van der Waals surface area contributed by atoms with Crippen LogP contribution in [-0.2, 0) is 4.74 Å². The van der Waals surface area contributed by atoms with Gasteiger partial charge in [-0.25, -0.2) is 0 Å². The van der Waals surface area contributed by atoms with Gasteiger partial charge in [-0.3, -0.25) is 20.4 Å². The molecule has 0 aliphatic carbocycles. The van der Waals surface area contributed by atoms with E-state index in [2.05, 4.69) is 10.9 Å². The zero-order valence-electron chi connectivity index (χ0n) is 16.7. The number of ether oxygens (including phenoxy) is 5. The number of benzene rings is 2. The molecule has 0 aliphatic rings. The first-order valence-corrected chi connectivity index (χ1v) is 8.67. The second-order valence-corrected chi connectivity index (χ2v) is 5.66. The minimum atomic E-state index is -0.560. The van der Waals surface area contributed by atoms with Crippen molar-refractivity contribution >= 4 is 11.8 Å². The fourth-order valence-electron chi connectivity index (χ4n) is 2.48. The molecule has 0 atom stereocenters. The van der Waals surface area contributed by atoms with Gasteiger partial charge >= 0.3 is 0 Å². The Kier molecular flexibility index (Phi) is 8.11. The van der Waals surface area contributed by atoms with Gasteiger partial charge in [-0.2, -0.15) is 0 Å². The Morgan fingerprint density at radius 3 is 2.00 bits per heavy atom. The zero-order valence-corrected chi connectivity index (χ0v) is 16.7. The number of hydrogen-bond donors (Lipinski definition) is 2. The van der Waals surface area contributed by atoms with E-state index in [1.165, 1.54) is 33.5 Å².